The number of amides is 1. The van der Waals surface area contributed by atoms with Gasteiger partial charge in [0.1, 0.15) is 0 Å². The first kappa shape index (κ1) is 21.1. The van der Waals surface area contributed by atoms with E-state index in [9.17, 15) is 4.79 Å². The highest BCUT2D eigenvalue weighted by molar-refractivity contribution is 8.01. The fraction of sp³-hybridized carbons (Fsp3) is 0.286. The van der Waals surface area contributed by atoms with Crippen molar-refractivity contribution in [2.24, 2.45) is 5.10 Å². The zero-order valence-corrected chi connectivity index (χ0v) is 18.0. The van der Waals surface area contributed by atoms with Crippen LogP contribution in [0.2, 0.25) is 0 Å². The number of para-hydroxylation sites is 1. The molecule has 0 fully saturated rings. The molecule has 0 radical (unpaired) electrons. The summed E-state index contributed by atoms with van der Waals surface area (Å²) in [4.78, 5) is 16.6. The minimum atomic E-state index is -0.182. The quantitative estimate of drug-likeness (QED) is 0.287. The molecule has 0 aliphatic rings. The summed E-state index contributed by atoms with van der Waals surface area (Å²) in [7, 11) is 0. The van der Waals surface area contributed by atoms with Crippen molar-refractivity contribution >= 4 is 45.4 Å². The molecule has 1 N–H and O–H groups in total. The Labute approximate surface area is 178 Å². The Morgan fingerprint density at radius 1 is 1.21 bits per heavy atom. The molecule has 152 valence electrons. The van der Waals surface area contributed by atoms with E-state index in [0.29, 0.717) is 24.7 Å². The number of fused-ring (bicyclic) bond motifs is 1. The number of carbonyl (C=O) groups excluding carboxylic acids is 1. The molecule has 0 atom stereocenters. The zero-order chi connectivity index (χ0) is 20.5. The van der Waals surface area contributed by atoms with Gasteiger partial charge in [-0.15, -0.1) is 11.3 Å². The van der Waals surface area contributed by atoms with Crippen LogP contribution < -0.4 is 14.9 Å². The largest absolute Gasteiger partial charge is 0.490 e. The van der Waals surface area contributed by atoms with Crippen molar-refractivity contribution in [3.8, 4) is 11.5 Å². The number of hydrogen-bond acceptors (Lipinski definition) is 7. The van der Waals surface area contributed by atoms with Crippen molar-refractivity contribution in [3.05, 3.63) is 48.0 Å². The maximum atomic E-state index is 12.1. The first-order chi connectivity index (χ1) is 14.2. The van der Waals surface area contributed by atoms with E-state index in [1.54, 1.807) is 17.6 Å². The average Bonchev–Trinajstić information content (AvgIpc) is 3.15. The van der Waals surface area contributed by atoms with Crippen LogP contribution in [0.1, 0.15) is 25.8 Å². The van der Waals surface area contributed by atoms with Crippen molar-refractivity contribution in [2.45, 2.75) is 24.6 Å². The molecule has 1 aromatic heterocycles. The predicted molar refractivity (Wildman–Crippen MR) is 119 cm³/mol. The van der Waals surface area contributed by atoms with Crippen LogP contribution in [-0.2, 0) is 4.79 Å². The number of aromatic nitrogens is 1. The molecule has 29 heavy (non-hydrogen) atoms. The van der Waals surface area contributed by atoms with Gasteiger partial charge in [-0.25, -0.2) is 10.4 Å². The summed E-state index contributed by atoms with van der Waals surface area (Å²) in [6.45, 7) is 5.16. The minimum absolute atomic E-state index is 0.182. The number of carbonyl (C=O) groups is 1. The molecule has 3 rings (SSSR count). The van der Waals surface area contributed by atoms with Gasteiger partial charge in [0.05, 0.1) is 35.4 Å². The number of rotatable bonds is 10. The highest BCUT2D eigenvalue weighted by Gasteiger charge is 2.08. The summed E-state index contributed by atoms with van der Waals surface area (Å²) in [6, 6.07) is 13.5. The molecule has 2 aromatic carbocycles. The number of hydrazone groups is 1. The van der Waals surface area contributed by atoms with E-state index >= 15 is 0 Å². The van der Waals surface area contributed by atoms with Gasteiger partial charge in [-0.05, 0) is 49.2 Å². The molecule has 0 saturated carbocycles. The lowest BCUT2D eigenvalue weighted by molar-refractivity contribution is -0.118. The third-order valence-electron chi connectivity index (χ3n) is 3.73. The number of benzene rings is 2. The smallest absolute Gasteiger partial charge is 0.250 e. The lowest BCUT2D eigenvalue weighted by Crippen LogP contribution is -2.19. The Balaban J connectivity index is 1.52. The van der Waals surface area contributed by atoms with Gasteiger partial charge in [0.25, 0.3) is 5.91 Å². The Kier molecular flexibility index (Phi) is 7.89. The predicted octanol–water partition coefficient (Wildman–Crippen LogP) is 4.73. The second-order valence-corrected chi connectivity index (χ2v) is 8.27. The van der Waals surface area contributed by atoms with E-state index < -0.39 is 0 Å². The van der Waals surface area contributed by atoms with E-state index in [0.717, 1.165) is 26.5 Å². The van der Waals surface area contributed by atoms with E-state index in [-0.39, 0.29) is 11.7 Å². The molecule has 0 aliphatic carbocycles. The van der Waals surface area contributed by atoms with Gasteiger partial charge in [0, 0.05) is 0 Å². The van der Waals surface area contributed by atoms with Crippen molar-refractivity contribution in [1.29, 1.82) is 0 Å². The maximum absolute atomic E-state index is 12.1. The zero-order valence-electron chi connectivity index (χ0n) is 16.4. The molecule has 1 heterocycles. The number of thioether (sulfide) groups is 1. The van der Waals surface area contributed by atoms with Crippen LogP contribution in [-0.4, -0.2) is 36.1 Å². The van der Waals surface area contributed by atoms with Crippen LogP contribution in [0.3, 0.4) is 0 Å². The van der Waals surface area contributed by atoms with E-state index in [2.05, 4.69) is 22.4 Å². The Bertz CT molecular complexity index is 955. The summed E-state index contributed by atoms with van der Waals surface area (Å²) < 4.78 is 13.3. The molecule has 3 aromatic rings. The number of nitrogens with one attached hydrogen (secondary N) is 1. The molecule has 8 heteroatoms. The average molecular weight is 430 g/mol. The molecular weight excluding hydrogens is 406 g/mol. The summed E-state index contributed by atoms with van der Waals surface area (Å²) in [5.74, 6) is 1.45. The third-order valence-corrected chi connectivity index (χ3v) is 5.91. The van der Waals surface area contributed by atoms with Crippen LogP contribution in [0.5, 0.6) is 11.5 Å². The Morgan fingerprint density at radius 3 is 2.86 bits per heavy atom. The third kappa shape index (κ3) is 6.20. The van der Waals surface area contributed by atoms with Crippen LogP contribution in [0, 0.1) is 0 Å². The number of thiazole rings is 1. The molecule has 0 bridgehead atoms. The van der Waals surface area contributed by atoms with Gasteiger partial charge < -0.3 is 9.47 Å². The second-order valence-electron chi connectivity index (χ2n) is 6.02. The number of nitrogens with zero attached hydrogens (tertiary/aromatic N) is 2. The van der Waals surface area contributed by atoms with Gasteiger partial charge in [-0.1, -0.05) is 30.8 Å². The minimum Gasteiger partial charge on any atom is -0.490 e. The summed E-state index contributed by atoms with van der Waals surface area (Å²) in [5.41, 5.74) is 4.32. The van der Waals surface area contributed by atoms with Crippen LogP contribution in [0.25, 0.3) is 10.2 Å². The maximum Gasteiger partial charge on any atom is 0.250 e. The standard InChI is InChI=1S/C21H23N3O3S2/c1-3-11-27-17-10-9-15(12-18(17)26-4-2)13-22-24-20(25)14-28-21-23-16-7-5-6-8-19(16)29-21/h5-10,12-13H,3-4,11,14H2,1-2H3,(H,24,25)/b22-13+. The molecule has 0 saturated heterocycles. The summed E-state index contributed by atoms with van der Waals surface area (Å²) >= 11 is 2.98. The fourth-order valence-electron chi connectivity index (χ4n) is 2.46. The molecule has 0 spiro atoms. The first-order valence-corrected chi connectivity index (χ1v) is 11.2. The highest BCUT2D eigenvalue weighted by atomic mass is 32.2. The molecule has 0 aliphatic heterocycles. The molecular formula is C21H23N3O3S2. The van der Waals surface area contributed by atoms with Crippen LogP contribution in [0.15, 0.2) is 51.9 Å². The Morgan fingerprint density at radius 2 is 2.07 bits per heavy atom. The van der Waals surface area contributed by atoms with Gasteiger partial charge in [-0.2, -0.15) is 5.10 Å². The molecule has 1 amide bonds. The van der Waals surface area contributed by atoms with Crippen LogP contribution in [0.4, 0.5) is 0 Å². The SMILES string of the molecule is CCCOc1ccc(/C=N/NC(=O)CSc2nc3ccccc3s2)cc1OCC. The summed E-state index contributed by atoms with van der Waals surface area (Å²) in [6.07, 6.45) is 2.52. The number of hydrogen-bond donors (Lipinski definition) is 1. The molecule has 6 nitrogen and oxygen atoms in total. The molecule has 0 unspecified atom stereocenters. The Hall–Kier alpha value is -2.58. The lowest BCUT2D eigenvalue weighted by Gasteiger charge is -2.11. The van der Waals surface area contributed by atoms with Gasteiger partial charge in [-0.3, -0.25) is 4.79 Å². The normalized spacial score (nSPS) is 11.1. The van der Waals surface area contributed by atoms with E-state index in [1.807, 2.05) is 49.4 Å². The van der Waals surface area contributed by atoms with Crippen LogP contribution >= 0.6 is 23.1 Å². The lowest BCUT2D eigenvalue weighted by atomic mass is 10.2. The monoisotopic (exact) mass is 429 g/mol. The van der Waals surface area contributed by atoms with Gasteiger partial charge in [0.15, 0.2) is 15.8 Å². The van der Waals surface area contributed by atoms with Crippen molar-refractivity contribution in [1.82, 2.24) is 10.4 Å². The summed E-state index contributed by atoms with van der Waals surface area (Å²) in [5, 5.41) is 4.04. The van der Waals surface area contributed by atoms with Gasteiger partial charge >= 0.3 is 0 Å². The van der Waals surface area contributed by atoms with Crippen molar-refractivity contribution < 1.29 is 14.3 Å². The van der Waals surface area contributed by atoms with Crippen molar-refractivity contribution in [2.75, 3.05) is 19.0 Å². The van der Waals surface area contributed by atoms with Gasteiger partial charge in [0.2, 0.25) is 0 Å². The topological polar surface area (TPSA) is 72.8 Å². The van der Waals surface area contributed by atoms with Crippen molar-refractivity contribution in [3.63, 3.8) is 0 Å². The highest BCUT2D eigenvalue weighted by Crippen LogP contribution is 2.29. The second kappa shape index (κ2) is 10.8. The van der Waals surface area contributed by atoms with E-state index in [1.165, 1.54) is 11.8 Å². The fourth-order valence-corrected chi connectivity index (χ4v) is 4.32. The number of ether oxygens (including phenoxy) is 2. The first-order valence-electron chi connectivity index (χ1n) is 9.39. The van der Waals surface area contributed by atoms with E-state index in [4.69, 9.17) is 9.47 Å².